The first-order valence-corrected chi connectivity index (χ1v) is 6.66. The Hall–Kier alpha value is -0.830. The van der Waals surface area contributed by atoms with E-state index in [-0.39, 0.29) is 10.7 Å². The van der Waals surface area contributed by atoms with Gasteiger partial charge in [0.25, 0.3) is 0 Å². The summed E-state index contributed by atoms with van der Waals surface area (Å²) in [5, 5.41) is 0. The zero-order valence-electron chi connectivity index (χ0n) is 9.23. The number of halogens is 1. The SMILES string of the molecule is O=C1C(Br)CCN1CCCc1ccccc1. The molecule has 1 aromatic carbocycles. The van der Waals surface area contributed by atoms with Crippen LogP contribution in [0.4, 0.5) is 0 Å². The van der Waals surface area contributed by atoms with E-state index in [9.17, 15) is 4.79 Å². The van der Waals surface area contributed by atoms with Gasteiger partial charge in [-0.15, -0.1) is 0 Å². The van der Waals surface area contributed by atoms with E-state index < -0.39 is 0 Å². The van der Waals surface area contributed by atoms with Crippen molar-refractivity contribution >= 4 is 21.8 Å². The molecule has 1 unspecified atom stereocenters. The number of carbonyl (C=O) groups excluding carboxylic acids is 1. The van der Waals surface area contributed by atoms with Crippen LogP contribution < -0.4 is 0 Å². The standard InChI is InChI=1S/C13H16BrNO/c14-12-8-10-15(13(12)16)9-4-7-11-5-2-1-3-6-11/h1-3,5-6,12H,4,7-10H2. The van der Waals surface area contributed by atoms with Crippen LogP contribution in [-0.2, 0) is 11.2 Å². The second-order valence-electron chi connectivity index (χ2n) is 4.17. The van der Waals surface area contributed by atoms with Crippen LogP contribution in [0.25, 0.3) is 0 Å². The van der Waals surface area contributed by atoms with E-state index >= 15 is 0 Å². The van der Waals surface area contributed by atoms with Gasteiger partial charge >= 0.3 is 0 Å². The van der Waals surface area contributed by atoms with Crippen LogP contribution in [0.2, 0.25) is 0 Å². The average molecular weight is 282 g/mol. The van der Waals surface area contributed by atoms with Crippen LogP contribution in [0.1, 0.15) is 18.4 Å². The predicted octanol–water partition coefficient (Wildman–Crippen LogP) is 2.62. The Kier molecular flexibility index (Phi) is 3.99. The van der Waals surface area contributed by atoms with Crippen molar-refractivity contribution in [1.82, 2.24) is 4.90 Å². The number of likely N-dealkylation sites (tertiary alicyclic amines) is 1. The number of rotatable bonds is 4. The normalized spacial score (nSPS) is 20.4. The van der Waals surface area contributed by atoms with Gasteiger partial charge in [0.15, 0.2) is 0 Å². The fraction of sp³-hybridized carbons (Fsp3) is 0.462. The van der Waals surface area contributed by atoms with Crippen molar-refractivity contribution in [3.63, 3.8) is 0 Å². The molecule has 16 heavy (non-hydrogen) atoms. The van der Waals surface area contributed by atoms with Crippen molar-refractivity contribution in [3.05, 3.63) is 35.9 Å². The third-order valence-corrected chi connectivity index (χ3v) is 3.82. The molecule has 0 radical (unpaired) electrons. The van der Waals surface area contributed by atoms with Gasteiger partial charge in [-0.3, -0.25) is 4.79 Å². The molecule has 2 rings (SSSR count). The number of benzene rings is 1. The van der Waals surface area contributed by atoms with E-state index in [1.54, 1.807) is 0 Å². The molecule has 0 N–H and O–H groups in total. The maximum atomic E-state index is 11.6. The van der Waals surface area contributed by atoms with Crippen molar-refractivity contribution < 1.29 is 4.79 Å². The zero-order chi connectivity index (χ0) is 11.4. The van der Waals surface area contributed by atoms with Gasteiger partial charge in [-0.2, -0.15) is 0 Å². The summed E-state index contributed by atoms with van der Waals surface area (Å²) in [5.41, 5.74) is 1.35. The lowest BCUT2D eigenvalue weighted by Gasteiger charge is -2.15. The lowest BCUT2D eigenvalue weighted by atomic mass is 10.1. The van der Waals surface area contributed by atoms with Gasteiger partial charge in [0.05, 0.1) is 4.83 Å². The van der Waals surface area contributed by atoms with Crippen molar-refractivity contribution in [1.29, 1.82) is 0 Å². The predicted molar refractivity (Wildman–Crippen MR) is 68.7 cm³/mol. The highest BCUT2D eigenvalue weighted by Crippen LogP contribution is 2.18. The van der Waals surface area contributed by atoms with Gasteiger partial charge in [-0.05, 0) is 24.8 Å². The van der Waals surface area contributed by atoms with Crippen molar-refractivity contribution in [3.8, 4) is 0 Å². The van der Waals surface area contributed by atoms with Crippen LogP contribution >= 0.6 is 15.9 Å². The molecule has 0 aliphatic carbocycles. The van der Waals surface area contributed by atoms with Gasteiger partial charge in [-0.1, -0.05) is 46.3 Å². The number of nitrogens with zero attached hydrogens (tertiary/aromatic N) is 1. The van der Waals surface area contributed by atoms with Crippen LogP contribution in [-0.4, -0.2) is 28.7 Å². The second-order valence-corrected chi connectivity index (χ2v) is 5.28. The lowest BCUT2D eigenvalue weighted by molar-refractivity contribution is -0.127. The number of hydrogen-bond acceptors (Lipinski definition) is 1. The van der Waals surface area contributed by atoms with Gasteiger partial charge in [0.2, 0.25) is 5.91 Å². The molecule has 1 aliphatic rings. The molecule has 1 aromatic rings. The van der Waals surface area contributed by atoms with Crippen LogP contribution in [0, 0.1) is 0 Å². The molecule has 3 heteroatoms. The molecule has 1 aliphatic heterocycles. The van der Waals surface area contributed by atoms with Gasteiger partial charge in [0, 0.05) is 13.1 Å². The molecule has 1 fully saturated rings. The number of alkyl halides is 1. The molecule has 2 nitrogen and oxygen atoms in total. The van der Waals surface area contributed by atoms with E-state index in [1.807, 2.05) is 11.0 Å². The van der Waals surface area contributed by atoms with E-state index in [4.69, 9.17) is 0 Å². The molecule has 0 saturated carbocycles. The first-order chi connectivity index (χ1) is 7.77. The topological polar surface area (TPSA) is 20.3 Å². The number of amides is 1. The van der Waals surface area contributed by atoms with Gasteiger partial charge in [-0.25, -0.2) is 0 Å². The number of hydrogen-bond donors (Lipinski definition) is 0. The molecule has 0 spiro atoms. The van der Waals surface area contributed by atoms with E-state index in [0.29, 0.717) is 0 Å². The van der Waals surface area contributed by atoms with Crippen molar-refractivity contribution in [2.24, 2.45) is 0 Å². The Morgan fingerprint density at radius 1 is 1.31 bits per heavy atom. The molecule has 86 valence electrons. The first kappa shape index (κ1) is 11.6. The second kappa shape index (κ2) is 5.48. The van der Waals surface area contributed by atoms with E-state index in [2.05, 4.69) is 40.2 Å². The zero-order valence-corrected chi connectivity index (χ0v) is 10.8. The minimum absolute atomic E-state index is 0.0595. The summed E-state index contributed by atoms with van der Waals surface area (Å²) < 4.78 is 0. The van der Waals surface area contributed by atoms with Crippen LogP contribution in [0.5, 0.6) is 0 Å². The molecule has 0 aromatic heterocycles. The highest BCUT2D eigenvalue weighted by atomic mass is 79.9. The molecule has 1 amide bonds. The fourth-order valence-electron chi connectivity index (χ4n) is 2.04. The highest BCUT2D eigenvalue weighted by Gasteiger charge is 2.28. The molecule has 0 bridgehead atoms. The molecule has 1 saturated heterocycles. The van der Waals surface area contributed by atoms with Crippen molar-refractivity contribution in [2.45, 2.75) is 24.1 Å². The molecule has 1 heterocycles. The summed E-state index contributed by atoms with van der Waals surface area (Å²) in [6.07, 6.45) is 3.05. The van der Waals surface area contributed by atoms with Gasteiger partial charge < -0.3 is 4.90 Å². The smallest absolute Gasteiger partial charge is 0.236 e. The van der Waals surface area contributed by atoms with Crippen molar-refractivity contribution in [2.75, 3.05) is 13.1 Å². The minimum atomic E-state index is 0.0595. The minimum Gasteiger partial charge on any atom is -0.342 e. The average Bonchev–Trinajstić information content (AvgIpc) is 2.62. The van der Waals surface area contributed by atoms with Gasteiger partial charge in [0.1, 0.15) is 0 Å². The molecular weight excluding hydrogens is 266 g/mol. The monoisotopic (exact) mass is 281 g/mol. The summed E-state index contributed by atoms with van der Waals surface area (Å²) in [5.74, 6) is 0.257. The maximum Gasteiger partial charge on any atom is 0.236 e. The van der Waals surface area contributed by atoms with Crippen LogP contribution in [0.15, 0.2) is 30.3 Å². The Morgan fingerprint density at radius 3 is 2.69 bits per heavy atom. The number of aryl methyl sites for hydroxylation is 1. The Balaban J connectivity index is 1.75. The number of carbonyl (C=O) groups is 1. The maximum absolute atomic E-state index is 11.6. The summed E-state index contributed by atoms with van der Waals surface area (Å²) in [6.45, 7) is 1.79. The Labute approximate surface area is 105 Å². The van der Waals surface area contributed by atoms with Crippen LogP contribution in [0.3, 0.4) is 0 Å². The molecule has 1 atom stereocenters. The lowest BCUT2D eigenvalue weighted by Crippen LogP contribution is -2.28. The summed E-state index contributed by atoms with van der Waals surface area (Å²) in [6, 6.07) is 10.4. The summed E-state index contributed by atoms with van der Waals surface area (Å²) >= 11 is 3.39. The Bertz CT molecular complexity index is 352. The van der Waals surface area contributed by atoms with E-state index in [1.165, 1.54) is 5.56 Å². The summed E-state index contributed by atoms with van der Waals surface area (Å²) in [4.78, 5) is 13.6. The Morgan fingerprint density at radius 2 is 2.06 bits per heavy atom. The fourth-order valence-corrected chi connectivity index (χ4v) is 2.54. The highest BCUT2D eigenvalue weighted by molar-refractivity contribution is 9.10. The van der Waals surface area contributed by atoms with E-state index in [0.717, 1.165) is 32.4 Å². The largest absolute Gasteiger partial charge is 0.342 e. The quantitative estimate of drug-likeness (QED) is 0.777. The molecular formula is C13H16BrNO. The third kappa shape index (κ3) is 2.85. The third-order valence-electron chi connectivity index (χ3n) is 2.97. The first-order valence-electron chi connectivity index (χ1n) is 5.74. The summed E-state index contributed by atoms with van der Waals surface area (Å²) in [7, 11) is 0.